The fraction of sp³-hybridized carbons (Fsp3) is 0.312. The second-order valence-corrected chi connectivity index (χ2v) is 25.9. The number of hydrogen-bond acceptors (Lipinski definition) is 3. The Bertz CT molecular complexity index is 3760. The monoisotopic (exact) mass is 919 g/mol. The van der Waals surface area contributed by atoms with Gasteiger partial charge in [0.1, 0.15) is 5.58 Å². The number of fused-ring (bicyclic) bond motifs is 11. The number of benzene rings is 7. The molecule has 1 aliphatic carbocycles. The van der Waals surface area contributed by atoms with Gasteiger partial charge in [-0.15, -0.1) is 11.3 Å². The van der Waals surface area contributed by atoms with Crippen molar-refractivity contribution in [3.8, 4) is 22.3 Å². The highest BCUT2D eigenvalue weighted by Crippen LogP contribution is 2.53. The van der Waals surface area contributed by atoms with Crippen molar-refractivity contribution in [2.45, 2.75) is 130 Å². The van der Waals surface area contributed by atoms with Crippen LogP contribution in [0.3, 0.4) is 0 Å². The zero-order valence-electron chi connectivity index (χ0n) is 42.8. The number of furan rings is 1. The summed E-state index contributed by atoms with van der Waals surface area (Å²) in [5.41, 5.74) is 20.3. The largest absolute Gasteiger partial charge is 0.469 e. The minimum absolute atomic E-state index is 0.0136. The predicted molar refractivity (Wildman–Crippen MR) is 300 cm³/mol. The highest BCUT2D eigenvalue weighted by molar-refractivity contribution is 7.26. The first kappa shape index (κ1) is 44.2. The third-order valence-corrected chi connectivity index (χ3v) is 17.1. The van der Waals surface area contributed by atoms with Crippen molar-refractivity contribution >= 4 is 99.7 Å². The number of aromatic nitrogens is 1. The van der Waals surface area contributed by atoms with Gasteiger partial charge in [0, 0.05) is 58.7 Å². The molecule has 345 valence electrons. The Morgan fingerprint density at radius 3 is 1.90 bits per heavy atom. The third-order valence-electron chi connectivity index (χ3n) is 16.0. The Kier molecular flexibility index (Phi) is 9.45. The van der Waals surface area contributed by atoms with Crippen LogP contribution in [0.5, 0.6) is 0 Å². The van der Waals surface area contributed by atoms with Gasteiger partial charge in [-0.2, -0.15) is 0 Å². The molecular weight excluding hydrogens is 856 g/mol. The molecule has 0 saturated heterocycles. The van der Waals surface area contributed by atoms with Gasteiger partial charge < -0.3 is 14.3 Å². The van der Waals surface area contributed by atoms with Crippen molar-refractivity contribution in [3.63, 3.8) is 0 Å². The van der Waals surface area contributed by atoms with E-state index in [-0.39, 0.29) is 27.1 Å². The molecule has 4 heterocycles. The molecule has 0 spiro atoms. The smallest absolute Gasteiger partial charge is 0.247 e. The molecule has 0 atom stereocenters. The van der Waals surface area contributed by atoms with E-state index in [2.05, 4.69) is 228 Å². The normalized spacial score (nSPS) is 15.8. The zero-order valence-corrected chi connectivity index (χ0v) is 43.6. The van der Waals surface area contributed by atoms with Gasteiger partial charge in [-0.1, -0.05) is 151 Å². The van der Waals surface area contributed by atoms with E-state index in [0.29, 0.717) is 0 Å². The molecule has 0 amide bonds. The van der Waals surface area contributed by atoms with Crippen molar-refractivity contribution < 1.29 is 4.42 Å². The van der Waals surface area contributed by atoms with Crippen LogP contribution in [0.1, 0.15) is 131 Å². The predicted octanol–water partition coefficient (Wildman–Crippen LogP) is 17.4. The van der Waals surface area contributed by atoms with Crippen LogP contribution in [-0.4, -0.2) is 12.3 Å². The van der Waals surface area contributed by atoms with Gasteiger partial charge in [0.2, 0.25) is 7.28 Å². The summed E-state index contributed by atoms with van der Waals surface area (Å²) in [6, 6.07) is 46.7. The number of aromatic amines is 1. The number of H-pyrrole nitrogens is 1. The lowest BCUT2D eigenvalue weighted by Crippen LogP contribution is -2.40. The van der Waals surface area contributed by atoms with E-state index in [1.165, 1.54) is 92.0 Å². The number of nitrogens with one attached hydrogen (secondary N) is 1. The van der Waals surface area contributed by atoms with Crippen molar-refractivity contribution in [1.29, 1.82) is 0 Å². The van der Waals surface area contributed by atoms with Crippen LogP contribution in [0.4, 0.5) is 17.1 Å². The average molecular weight is 920 g/mol. The van der Waals surface area contributed by atoms with E-state index in [0.717, 1.165) is 52.0 Å². The molecule has 1 aliphatic heterocycles. The number of thiophene rings is 1. The molecule has 0 bridgehead atoms. The minimum Gasteiger partial charge on any atom is -0.469 e. The minimum atomic E-state index is -0.111. The van der Waals surface area contributed by atoms with Gasteiger partial charge in [-0.25, -0.2) is 0 Å². The molecule has 0 unspecified atom stereocenters. The van der Waals surface area contributed by atoms with Crippen molar-refractivity contribution in [2.24, 2.45) is 0 Å². The number of nitrogens with zero attached hydrogens (tertiary/aromatic N) is 1. The van der Waals surface area contributed by atoms with Gasteiger partial charge in [0.15, 0.2) is 0 Å². The first-order valence-electron chi connectivity index (χ1n) is 25.1. The lowest BCUT2D eigenvalue weighted by molar-refractivity contribution is 0.332. The first-order valence-corrected chi connectivity index (χ1v) is 25.9. The fourth-order valence-electron chi connectivity index (χ4n) is 11.6. The van der Waals surface area contributed by atoms with E-state index < -0.39 is 0 Å². The molecule has 2 aliphatic rings. The number of rotatable bonds is 3. The average Bonchev–Trinajstić information content (AvgIpc) is 3.98. The first-order chi connectivity index (χ1) is 32.6. The standard InChI is InChI=1S/C64H64BN2OS/c1-60(2,3)37-23-25-48-42(30-37)43-31-39(62(7,8)9)32-45(57(43)66-48)55-54-40-21-17-18-22-52(40)69-53(54)35-50-56(55)65-59-58(44-33-46-47(34-51(44)68-59)64(12,13)28-27-63(46,10)11)67(50)49-26-24-38(61(4,5)6)29-41(49)36-19-15-14-16-20-36/h14-26,29-35,66H,27-28H2,1-13H3. The molecule has 3 nitrogen and oxygen atoms in total. The maximum absolute atomic E-state index is 7.38. The summed E-state index contributed by atoms with van der Waals surface area (Å²) >= 11 is 1.90. The van der Waals surface area contributed by atoms with Crippen molar-refractivity contribution in [1.82, 2.24) is 4.98 Å². The Hall–Kier alpha value is -6.04. The summed E-state index contributed by atoms with van der Waals surface area (Å²) in [5, 5.41) is 6.27. The highest BCUT2D eigenvalue weighted by Gasteiger charge is 2.41. The van der Waals surface area contributed by atoms with Gasteiger partial charge in [-0.05, 0) is 145 Å². The van der Waals surface area contributed by atoms with Crippen LogP contribution in [0.25, 0.3) is 75.2 Å². The van der Waals surface area contributed by atoms with Crippen LogP contribution in [-0.2, 0) is 27.1 Å². The van der Waals surface area contributed by atoms with E-state index >= 15 is 0 Å². The SMILES string of the molecule is CC(C)(C)c1ccc(N2c3cc4sc5ccccc5c4c(-c4cc(C(C)(C)C)cc5c4[nH]c4ccc(C(C)(C)C)cc45)c3[B]c3oc4cc5c(cc4c32)C(C)(C)CCC5(C)C)c(-c2ccccc2)c1. The zero-order chi connectivity index (χ0) is 48.3. The van der Waals surface area contributed by atoms with Crippen LogP contribution in [0.15, 0.2) is 126 Å². The molecule has 10 aromatic rings. The van der Waals surface area contributed by atoms with Crippen molar-refractivity contribution in [2.75, 3.05) is 4.90 Å². The third kappa shape index (κ3) is 6.88. The lowest BCUT2D eigenvalue weighted by atomic mass is 9.60. The van der Waals surface area contributed by atoms with E-state index in [1.54, 1.807) is 0 Å². The summed E-state index contributed by atoms with van der Waals surface area (Å²) in [4.78, 5) is 6.64. The van der Waals surface area contributed by atoms with Crippen LogP contribution in [0.2, 0.25) is 0 Å². The molecule has 0 saturated carbocycles. The van der Waals surface area contributed by atoms with Gasteiger partial charge in [0.05, 0.1) is 22.6 Å². The quantitative estimate of drug-likeness (QED) is 0.179. The Balaban J connectivity index is 1.25. The van der Waals surface area contributed by atoms with E-state index in [1.807, 2.05) is 11.3 Å². The van der Waals surface area contributed by atoms with Gasteiger partial charge in [-0.3, -0.25) is 0 Å². The topological polar surface area (TPSA) is 32.2 Å². The Morgan fingerprint density at radius 2 is 1.19 bits per heavy atom. The van der Waals surface area contributed by atoms with Gasteiger partial charge >= 0.3 is 0 Å². The molecule has 69 heavy (non-hydrogen) atoms. The summed E-state index contributed by atoms with van der Waals surface area (Å²) in [6.07, 6.45) is 2.29. The van der Waals surface area contributed by atoms with E-state index in [4.69, 9.17) is 4.42 Å². The molecule has 1 radical (unpaired) electrons. The van der Waals surface area contributed by atoms with E-state index in [9.17, 15) is 0 Å². The van der Waals surface area contributed by atoms with Crippen molar-refractivity contribution in [3.05, 3.63) is 149 Å². The molecule has 5 heteroatoms. The van der Waals surface area contributed by atoms with Crippen LogP contribution < -0.4 is 16.0 Å². The Morgan fingerprint density at radius 1 is 0.565 bits per heavy atom. The second-order valence-electron chi connectivity index (χ2n) is 24.8. The molecular formula is C64H64BN2OS. The number of hydrogen-bond donors (Lipinski definition) is 1. The molecule has 12 rings (SSSR count). The molecule has 3 aromatic heterocycles. The van der Waals surface area contributed by atoms with Crippen LogP contribution >= 0.6 is 11.3 Å². The second kappa shape index (κ2) is 14.7. The Labute approximate surface area is 413 Å². The summed E-state index contributed by atoms with van der Waals surface area (Å²) in [5.74, 6) is 0. The molecule has 0 fully saturated rings. The maximum atomic E-state index is 7.38. The van der Waals surface area contributed by atoms with Gasteiger partial charge in [0.25, 0.3) is 0 Å². The lowest BCUT2D eigenvalue weighted by Gasteiger charge is -2.42. The summed E-state index contributed by atoms with van der Waals surface area (Å²) in [7, 11) is 2.40. The summed E-state index contributed by atoms with van der Waals surface area (Å²) in [6.45, 7) is 30.7. The fourth-order valence-corrected chi connectivity index (χ4v) is 12.8. The summed E-state index contributed by atoms with van der Waals surface area (Å²) < 4.78 is 9.94. The maximum Gasteiger partial charge on any atom is 0.247 e. The number of anilines is 3. The molecule has 1 N–H and O–H groups in total. The highest BCUT2D eigenvalue weighted by atomic mass is 32.1. The molecule has 7 aromatic carbocycles. The van der Waals surface area contributed by atoms with Crippen LogP contribution in [0, 0.1) is 0 Å².